The Labute approximate surface area is 154 Å². The maximum atomic E-state index is 14.4. The lowest BCUT2D eigenvalue weighted by Crippen LogP contribution is -2.25. The molecule has 4 rings (SSSR count). The lowest BCUT2D eigenvalue weighted by atomic mass is 10.2. The number of nitrogens with one attached hydrogen (secondary N) is 2. The van der Waals surface area contributed by atoms with Crippen molar-refractivity contribution in [2.75, 3.05) is 17.2 Å². The summed E-state index contributed by atoms with van der Waals surface area (Å²) < 4.78 is 34.4. The molecule has 0 bridgehead atoms. The molecule has 5 nitrogen and oxygen atoms in total. The van der Waals surface area contributed by atoms with Crippen LogP contribution in [0.1, 0.15) is 5.69 Å². The summed E-state index contributed by atoms with van der Waals surface area (Å²) in [5.41, 5.74) is 1.98. The van der Waals surface area contributed by atoms with Crippen LogP contribution in [0.4, 0.5) is 26.2 Å². The molecule has 0 unspecified atom stereocenters. The Morgan fingerprint density at radius 1 is 0.926 bits per heavy atom. The third kappa shape index (κ3) is 3.72. The van der Waals surface area contributed by atoms with E-state index in [9.17, 15) is 8.78 Å². The van der Waals surface area contributed by atoms with Crippen molar-refractivity contribution < 1.29 is 13.2 Å². The number of alkyl halides is 2. The summed E-state index contributed by atoms with van der Waals surface area (Å²) >= 11 is 0. The van der Waals surface area contributed by atoms with Crippen LogP contribution in [0.5, 0.6) is 0 Å². The number of aromatic nitrogens is 2. The highest BCUT2D eigenvalue weighted by Crippen LogP contribution is 2.30. The molecule has 0 amide bonds. The zero-order valence-corrected chi connectivity index (χ0v) is 14.2. The van der Waals surface area contributed by atoms with Gasteiger partial charge < -0.3 is 15.1 Å². The highest BCUT2D eigenvalue weighted by Gasteiger charge is 2.33. The van der Waals surface area contributed by atoms with E-state index in [0.29, 0.717) is 22.8 Å². The maximum Gasteiger partial charge on any atom is 0.306 e. The smallest absolute Gasteiger partial charge is 0.306 e. The SMILES string of the molecule is FC(F)(CNc1cccc2oc(Nc3ccccc3)nc12)c1ccccn1. The number of halogens is 2. The highest BCUT2D eigenvalue weighted by molar-refractivity contribution is 5.88. The number of hydrogen-bond donors (Lipinski definition) is 2. The van der Waals surface area contributed by atoms with Gasteiger partial charge >= 0.3 is 5.92 Å². The maximum absolute atomic E-state index is 14.4. The predicted octanol–water partition coefficient (Wildman–Crippen LogP) is 5.17. The van der Waals surface area contributed by atoms with E-state index in [1.807, 2.05) is 30.3 Å². The second-order valence-electron chi connectivity index (χ2n) is 5.94. The molecule has 136 valence electrons. The minimum atomic E-state index is -3.11. The van der Waals surface area contributed by atoms with Gasteiger partial charge in [0, 0.05) is 11.9 Å². The van der Waals surface area contributed by atoms with Gasteiger partial charge in [0.25, 0.3) is 6.01 Å². The molecule has 4 aromatic rings. The number of pyridine rings is 1. The van der Waals surface area contributed by atoms with Crippen LogP contribution in [0.3, 0.4) is 0 Å². The molecule has 2 aromatic heterocycles. The number of rotatable bonds is 6. The molecule has 0 aliphatic heterocycles. The van der Waals surface area contributed by atoms with Gasteiger partial charge in [0.1, 0.15) is 11.2 Å². The number of benzene rings is 2. The molecular weight excluding hydrogens is 350 g/mol. The Hall–Kier alpha value is -3.48. The molecule has 0 aliphatic rings. The lowest BCUT2D eigenvalue weighted by Gasteiger charge is -2.17. The van der Waals surface area contributed by atoms with Gasteiger partial charge in [-0.15, -0.1) is 0 Å². The Morgan fingerprint density at radius 3 is 2.52 bits per heavy atom. The third-order valence-electron chi connectivity index (χ3n) is 3.98. The first-order valence-electron chi connectivity index (χ1n) is 8.37. The van der Waals surface area contributed by atoms with Crippen molar-refractivity contribution in [2.24, 2.45) is 0 Å². The van der Waals surface area contributed by atoms with E-state index in [1.165, 1.54) is 18.3 Å². The van der Waals surface area contributed by atoms with Crippen LogP contribution in [0.15, 0.2) is 77.3 Å². The standard InChI is InChI=1S/C20H16F2N4O/c21-20(22,17-11-4-5-12-23-17)13-24-15-9-6-10-16-18(15)26-19(27-16)25-14-7-2-1-3-8-14/h1-12,24H,13H2,(H,25,26). The number of nitrogens with zero attached hydrogens (tertiary/aromatic N) is 2. The van der Waals surface area contributed by atoms with Crippen LogP contribution in [-0.2, 0) is 5.92 Å². The van der Waals surface area contributed by atoms with Gasteiger partial charge in [-0.3, -0.25) is 4.98 Å². The van der Waals surface area contributed by atoms with Gasteiger partial charge in [-0.05, 0) is 36.4 Å². The second-order valence-corrected chi connectivity index (χ2v) is 5.94. The fourth-order valence-electron chi connectivity index (χ4n) is 2.67. The first-order chi connectivity index (χ1) is 13.1. The van der Waals surface area contributed by atoms with Crippen LogP contribution in [-0.4, -0.2) is 16.5 Å². The zero-order chi connectivity index (χ0) is 18.7. The number of oxazole rings is 1. The van der Waals surface area contributed by atoms with E-state index in [1.54, 1.807) is 24.3 Å². The molecule has 0 saturated heterocycles. The molecule has 2 aromatic carbocycles. The number of para-hydroxylation sites is 2. The van der Waals surface area contributed by atoms with Crippen molar-refractivity contribution in [1.29, 1.82) is 0 Å². The summed E-state index contributed by atoms with van der Waals surface area (Å²) in [4.78, 5) is 8.12. The average Bonchev–Trinajstić information content (AvgIpc) is 3.11. The van der Waals surface area contributed by atoms with E-state index in [0.717, 1.165) is 5.69 Å². The molecule has 0 fully saturated rings. The normalized spacial score (nSPS) is 11.5. The molecule has 2 N–H and O–H groups in total. The van der Waals surface area contributed by atoms with Crippen LogP contribution in [0.25, 0.3) is 11.1 Å². The van der Waals surface area contributed by atoms with E-state index in [2.05, 4.69) is 20.6 Å². The first-order valence-corrected chi connectivity index (χ1v) is 8.37. The monoisotopic (exact) mass is 366 g/mol. The minimum Gasteiger partial charge on any atom is -0.423 e. The van der Waals surface area contributed by atoms with Crippen LogP contribution in [0.2, 0.25) is 0 Å². The number of fused-ring (bicyclic) bond motifs is 1. The molecule has 0 atom stereocenters. The third-order valence-corrected chi connectivity index (χ3v) is 3.98. The van der Waals surface area contributed by atoms with Gasteiger partial charge in [-0.2, -0.15) is 13.8 Å². The van der Waals surface area contributed by atoms with E-state index in [4.69, 9.17) is 4.42 Å². The molecule has 27 heavy (non-hydrogen) atoms. The number of anilines is 3. The number of hydrogen-bond acceptors (Lipinski definition) is 5. The Balaban J connectivity index is 1.55. The van der Waals surface area contributed by atoms with Crippen molar-refractivity contribution in [1.82, 2.24) is 9.97 Å². The Kier molecular flexibility index (Phi) is 4.42. The fourth-order valence-corrected chi connectivity index (χ4v) is 2.67. The van der Waals surface area contributed by atoms with Gasteiger partial charge in [0.15, 0.2) is 5.58 Å². The minimum absolute atomic E-state index is 0.281. The largest absolute Gasteiger partial charge is 0.423 e. The summed E-state index contributed by atoms with van der Waals surface area (Å²) in [6.07, 6.45) is 1.35. The molecule has 0 saturated carbocycles. The molecule has 0 spiro atoms. The summed E-state index contributed by atoms with van der Waals surface area (Å²) in [7, 11) is 0. The quantitative estimate of drug-likeness (QED) is 0.493. The Bertz CT molecular complexity index is 1040. The highest BCUT2D eigenvalue weighted by atomic mass is 19.3. The van der Waals surface area contributed by atoms with Crippen molar-refractivity contribution in [3.63, 3.8) is 0 Å². The molecule has 7 heteroatoms. The van der Waals surface area contributed by atoms with Crippen LogP contribution < -0.4 is 10.6 Å². The van der Waals surface area contributed by atoms with Gasteiger partial charge in [-0.25, -0.2) is 0 Å². The van der Waals surface area contributed by atoms with E-state index >= 15 is 0 Å². The molecular formula is C20H16F2N4O. The summed E-state index contributed by atoms with van der Waals surface area (Å²) in [5, 5.41) is 5.82. The van der Waals surface area contributed by atoms with E-state index in [-0.39, 0.29) is 5.69 Å². The van der Waals surface area contributed by atoms with Crippen molar-refractivity contribution in [3.8, 4) is 0 Å². The van der Waals surface area contributed by atoms with Gasteiger partial charge in [0.2, 0.25) is 0 Å². The lowest BCUT2D eigenvalue weighted by molar-refractivity contribution is 0.00602. The first kappa shape index (κ1) is 17.0. The molecule has 2 heterocycles. The summed E-state index contributed by atoms with van der Waals surface area (Å²) in [5.74, 6) is -3.11. The van der Waals surface area contributed by atoms with Crippen molar-refractivity contribution in [2.45, 2.75) is 5.92 Å². The van der Waals surface area contributed by atoms with E-state index < -0.39 is 12.5 Å². The average molecular weight is 366 g/mol. The van der Waals surface area contributed by atoms with Crippen molar-refractivity contribution >= 4 is 28.5 Å². The Morgan fingerprint density at radius 2 is 1.74 bits per heavy atom. The zero-order valence-electron chi connectivity index (χ0n) is 14.2. The van der Waals surface area contributed by atoms with Crippen molar-refractivity contribution in [3.05, 3.63) is 78.6 Å². The van der Waals surface area contributed by atoms with Gasteiger partial charge in [-0.1, -0.05) is 30.3 Å². The fraction of sp³-hybridized carbons (Fsp3) is 0.100. The topological polar surface area (TPSA) is 63.0 Å². The summed E-state index contributed by atoms with van der Waals surface area (Å²) in [6, 6.07) is 19.3. The predicted molar refractivity (Wildman–Crippen MR) is 100 cm³/mol. The van der Waals surface area contributed by atoms with Crippen LogP contribution in [0, 0.1) is 0 Å². The second kappa shape index (κ2) is 7.03. The molecule has 0 radical (unpaired) electrons. The molecule has 0 aliphatic carbocycles. The summed E-state index contributed by atoms with van der Waals surface area (Å²) in [6.45, 7) is -0.600. The van der Waals surface area contributed by atoms with Crippen LogP contribution >= 0.6 is 0 Å². The van der Waals surface area contributed by atoms with Gasteiger partial charge in [0.05, 0.1) is 12.2 Å².